The van der Waals surface area contributed by atoms with E-state index in [4.69, 9.17) is 0 Å². The Hall–Kier alpha value is -2.17. The highest BCUT2D eigenvalue weighted by molar-refractivity contribution is 6.09. The van der Waals surface area contributed by atoms with Crippen LogP contribution in [0.1, 0.15) is 57.6 Å². The largest absolute Gasteiger partial charge is 0.503 e. The van der Waals surface area contributed by atoms with E-state index in [9.17, 15) is 19.1 Å². The molecule has 0 saturated heterocycles. The maximum Gasteiger partial charge on any atom is 0.290 e. The van der Waals surface area contributed by atoms with Gasteiger partial charge in [-0.1, -0.05) is 44.9 Å². The standard InChI is InChI=1S/C20H24FNO3/c1-12(2)11-16(23)17-18(14-9-5-6-10-15(14)21)22(20(25)19(17)24)13-7-3-4-8-13/h5-6,9-10,12-13,18,24H,3-4,7-8,11H2,1-2H3. The van der Waals surface area contributed by atoms with Crippen LogP contribution in [0, 0.1) is 11.7 Å². The van der Waals surface area contributed by atoms with Crippen LogP contribution in [-0.4, -0.2) is 27.7 Å². The summed E-state index contributed by atoms with van der Waals surface area (Å²) < 4.78 is 14.5. The number of carbonyl (C=O) groups is 2. The number of hydrogen-bond acceptors (Lipinski definition) is 3. The quantitative estimate of drug-likeness (QED) is 0.875. The Morgan fingerprint density at radius 1 is 1.28 bits per heavy atom. The first-order valence-electron chi connectivity index (χ1n) is 8.95. The van der Waals surface area contributed by atoms with Gasteiger partial charge in [0.15, 0.2) is 11.5 Å². The monoisotopic (exact) mass is 345 g/mol. The van der Waals surface area contributed by atoms with Crippen LogP contribution < -0.4 is 0 Å². The summed E-state index contributed by atoms with van der Waals surface area (Å²) in [5, 5.41) is 10.4. The zero-order chi connectivity index (χ0) is 18.1. The zero-order valence-corrected chi connectivity index (χ0v) is 14.7. The van der Waals surface area contributed by atoms with Crippen LogP contribution in [0.5, 0.6) is 0 Å². The lowest BCUT2D eigenvalue weighted by molar-refractivity contribution is -0.131. The predicted octanol–water partition coefficient (Wildman–Crippen LogP) is 4.08. The SMILES string of the molecule is CC(C)CC(=O)C1=C(O)C(=O)N(C2CCCC2)C1c1ccccc1F. The first kappa shape index (κ1) is 17.6. The van der Waals surface area contributed by atoms with E-state index in [2.05, 4.69) is 0 Å². The minimum Gasteiger partial charge on any atom is -0.503 e. The van der Waals surface area contributed by atoms with Gasteiger partial charge in [-0.25, -0.2) is 4.39 Å². The first-order chi connectivity index (χ1) is 11.9. The molecule has 1 aliphatic carbocycles. The van der Waals surface area contributed by atoms with E-state index >= 15 is 0 Å². The molecule has 0 aromatic heterocycles. The van der Waals surface area contributed by atoms with Crippen LogP contribution in [0.15, 0.2) is 35.6 Å². The Morgan fingerprint density at radius 3 is 2.52 bits per heavy atom. The molecule has 0 radical (unpaired) electrons. The van der Waals surface area contributed by atoms with Gasteiger partial charge in [-0.3, -0.25) is 9.59 Å². The van der Waals surface area contributed by atoms with Gasteiger partial charge in [-0.05, 0) is 24.8 Å². The second-order valence-electron chi connectivity index (χ2n) is 7.36. The van der Waals surface area contributed by atoms with Crippen LogP contribution in [0.4, 0.5) is 4.39 Å². The molecule has 1 saturated carbocycles. The number of halogens is 1. The number of benzene rings is 1. The van der Waals surface area contributed by atoms with E-state index in [1.54, 1.807) is 18.2 Å². The van der Waals surface area contributed by atoms with Gasteiger partial charge in [-0.2, -0.15) is 0 Å². The smallest absolute Gasteiger partial charge is 0.290 e. The third-order valence-corrected chi connectivity index (χ3v) is 5.06. The van der Waals surface area contributed by atoms with Gasteiger partial charge in [0.25, 0.3) is 5.91 Å². The molecule has 1 heterocycles. The molecule has 3 rings (SSSR count). The van der Waals surface area contributed by atoms with Crippen LogP contribution in [0.2, 0.25) is 0 Å². The molecule has 1 aromatic rings. The van der Waals surface area contributed by atoms with E-state index in [1.807, 2.05) is 13.8 Å². The van der Waals surface area contributed by atoms with Crippen LogP contribution >= 0.6 is 0 Å². The van der Waals surface area contributed by atoms with Crippen molar-refractivity contribution in [1.29, 1.82) is 0 Å². The Balaban J connectivity index is 2.08. The highest BCUT2D eigenvalue weighted by Gasteiger charge is 2.47. The van der Waals surface area contributed by atoms with Gasteiger partial charge in [0, 0.05) is 18.0 Å². The Bertz CT molecular complexity index is 719. The maximum absolute atomic E-state index is 14.5. The fraction of sp³-hybridized carbons (Fsp3) is 0.500. The molecular weight excluding hydrogens is 321 g/mol. The normalized spacial score (nSPS) is 21.7. The summed E-state index contributed by atoms with van der Waals surface area (Å²) in [6.45, 7) is 3.80. The van der Waals surface area contributed by atoms with Gasteiger partial charge >= 0.3 is 0 Å². The molecule has 1 unspecified atom stereocenters. The number of aliphatic hydroxyl groups is 1. The minimum atomic E-state index is -0.831. The number of rotatable bonds is 5. The second kappa shape index (κ2) is 6.98. The predicted molar refractivity (Wildman–Crippen MR) is 92.4 cm³/mol. The lowest BCUT2D eigenvalue weighted by Crippen LogP contribution is -2.39. The molecule has 1 aliphatic heterocycles. The summed E-state index contributed by atoms with van der Waals surface area (Å²) in [7, 11) is 0. The first-order valence-corrected chi connectivity index (χ1v) is 8.95. The van der Waals surface area contributed by atoms with E-state index in [0.29, 0.717) is 0 Å². The number of amides is 1. The van der Waals surface area contributed by atoms with Gasteiger partial charge in [0.05, 0.1) is 11.6 Å². The lowest BCUT2D eigenvalue weighted by Gasteiger charge is -2.32. The Labute approximate surface area is 147 Å². The summed E-state index contributed by atoms with van der Waals surface area (Å²) in [5.41, 5.74) is 0.328. The number of nitrogens with zero attached hydrogens (tertiary/aromatic N) is 1. The maximum atomic E-state index is 14.5. The summed E-state index contributed by atoms with van der Waals surface area (Å²) >= 11 is 0. The van der Waals surface area contributed by atoms with Crippen molar-refractivity contribution in [1.82, 2.24) is 4.90 Å². The molecule has 1 amide bonds. The molecule has 2 aliphatic rings. The van der Waals surface area contributed by atoms with E-state index < -0.39 is 23.5 Å². The number of hydrogen-bond donors (Lipinski definition) is 1. The van der Waals surface area contributed by atoms with Crippen molar-refractivity contribution in [2.24, 2.45) is 5.92 Å². The molecular formula is C20H24FNO3. The van der Waals surface area contributed by atoms with Crippen molar-refractivity contribution in [3.05, 3.63) is 47.0 Å². The van der Waals surface area contributed by atoms with Crippen molar-refractivity contribution in [2.75, 3.05) is 0 Å². The minimum absolute atomic E-state index is 0.0516. The fourth-order valence-corrected chi connectivity index (χ4v) is 3.95. The average molecular weight is 345 g/mol. The molecule has 1 atom stereocenters. The van der Waals surface area contributed by atoms with Crippen molar-refractivity contribution in [2.45, 2.75) is 58.0 Å². The summed E-state index contributed by atoms with van der Waals surface area (Å²) in [6.07, 6.45) is 3.84. The molecule has 4 nitrogen and oxygen atoms in total. The van der Waals surface area contributed by atoms with Crippen LogP contribution in [-0.2, 0) is 9.59 Å². The molecule has 0 spiro atoms. The number of aliphatic hydroxyl groups excluding tert-OH is 1. The average Bonchev–Trinajstić information content (AvgIpc) is 3.15. The number of Topliss-reactive ketones (excluding diaryl/α,β-unsaturated/α-hetero) is 1. The molecule has 1 aromatic carbocycles. The van der Waals surface area contributed by atoms with E-state index in [-0.39, 0.29) is 35.3 Å². The zero-order valence-electron chi connectivity index (χ0n) is 14.7. The molecule has 1 fully saturated rings. The third-order valence-electron chi connectivity index (χ3n) is 5.06. The topological polar surface area (TPSA) is 57.6 Å². The van der Waals surface area contributed by atoms with Crippen LogP contribution in [0.25, 0.3) is 0 Å². The van der Waals surface area contributed by atoms with Crippen molar-refractivity contribution < 1.29 is 19.1 Å². The van der Waals surface area contributed by atoms with Gasteiger partial charge in [0.2, 0.25) is 0 Å². The Kier molecular flexibility index (Phi) is 4.93. The summed E-state index contributed by atoms with van der Waals surface area (Å²) in [5.74, 6) is -1.72. The van der Waals surface area contributed by atoms with Crippen molar-refractivity contribution >= 4 is 11.7 Å². The number of carbonyl (C=O) groups excluding carboxylic acids is 2. The molecule has 0 bridgehead atoms. The highest BCUT2D eigenvalue weighted by atomic mass is 19.1. The lowest BCUT2D eigenvalue weighted by atomic mass is 9.91. The molecule has 1 N–H and O–H groups in total. The second-order valence-corrected chi connectivity index (χ2v) is 7.36. The highest BCUT2D eigenvalue weighted by Crippen LogP contribution is 2.43. The fourth-order valence-electron chi connectivity index (χ4n) is 3.95. The van der Waals surface area contributed by atoms with Gasteiger partial charge < -0.3 is 10.0 Å². The third kappa shape index (κ3) is 3.20. The summed E-state index contributed by atoms with van der Waals surface area (Å²) in [6, 6.07) is 5.29. The van der Waals surface area contributed by atoms with Crippen molar-refractivity contribution in [3.63, 3.8) is 0 Å². The Morgan fingerprint density at radius 2 is 1.92 bits per heavy atom. The van der Waals surface area contributed by atoms with Gasteiger partial charge in [-0.15, -0.1) is 0 Å². The van der Waals surface area contributed by atoms with Crippen molar-refractivity contribution in [3.8, 4) is 0 Å². The number of ketones is 1. The summed E-state index contributed by atoms with van der Waals surface area (Å²) in [4.78, 5) is 27.0. The van der Waals surface area contributed by atoms with Gasteiger partial charge in [0.1, 0.15) is 5.82 Å². The van der Waals surface area contributed by atoms with E-state index in [0.717, 1.165) is 25.7 Å². The molecule has 134 valence electrons. The molecule has 5 heteroatoms. The van der Waals surface area contributed by atoms with Crippen LogP contribution in [0.3, 0.4) is 0 Å². The van der Waals surface area contributed by atoms with E-state index in [1.165, 1.54) is 11.0 Å². The molecule has 25 heavy (non-hydrogen) atoms.